The van der Waals surface area contributed by atoms with Crippen LogP contribution in [0, 0.1) is 12.3 Å². The fraction of sp³-hybridized carbons (Fsp3) is 0. The van der Waals surface area contributed by atoms with Crippen LogP contribution in [0.25, 0.3) is 0 Å². The normalized spacial score (nSPS) is 8.30. The molecule has 0 saturated heterocycles. The van der Waals surface area contributed by atoms with Gasteiger partial charge in [0, 0.05) is 5.56 Å². The van der Waals surface area contributed by atoms with Crippen molar-refractivity contribution in [3.63, 3.8) is 0 Å². The maximum atomic E-state index is 5.17. The van der Waals surface area contributed by atoms with Crippen LogP contribution in [0.1, 0.15) is 5.56 Å². The lowest BCUT2D eigenvalue weighted by Gasteiger charge is -1.90. The van der Waals surface area contributed by atoms with E-state index in [9.17, 15) is 0 Å². The summed E-state index contributed by atoms with van der Waals surface area (Å²) in [4.78, 5) is 0. The molecule has 0 fully saturated rings. The molecule has 0 N–H and O–H groups in total. The van der Waals surface area contributed by atoms with Crippen LogP contribution in [0.4, 0.5) is 5.69 Å². The molecule has 0 radical (unpaired) electrons. The van der Waals surface area contributed by atoms with Gasteiger partial charge in [-0.05, 0) is 27.2 Å². The highest BCUT2D eigenvalue weighted by atomic mass is 31.0. The summed E-state index contributed by atoms with van der Waals surface area (Å²) in [6.45, 7) is 0. The Morgan fingerprint density at radius 2 is 2.30 bits per heavy atom. The van der Waals surface area contributed by atoms with Gasteiger partial charge in [-0.25, -0.2) is 4.74 Å². The first kappa shape index (κ1) is 6.99. The van der Waals surface area contributed by atoms with Crippen LogP contribution in [0.5, 0.6) is 0 Å². The number of nitrogens with zero attached hydrogens (tertiary/aromatic N) is 1. The van der Waals surface area contributed by atoms with E-state index in [1.807, 2.05) is 24.3 Å². The highest BCUT2D eigenvalue weighted by Gasteiger charge is 1.87. The Balaban J connectivity index is 3.13. The average molecular weight is 147 g/mol. The smallest absolute Gasteiger partial charge is 0.0684 e. The molecule has 2 heteroatoms. The molecule has 48 valence electrons. The van der Waals surface area contributed by atoms with Crippen LogP contribution < -0.4 is 0 Å². The van der Waals surface area contributed by atoms with Crippen molar-refractivity contribution in [3.05, 3.63) is 29.8 Å². The first-order valence-electron chi connectivity index (χ1n) is 2.81. The molecule has 0 spiro atoms. The van der Waals surface area contributed by atoms with Crippen LogP contribution in [-0.2, 0) is 0 Å². The largest absolute Gasteiger partial charge is 0.236 e. The quantitative estimate of drug-likeness (QED) is 0.427. The summed E-state index contributed by atoms with van der Waals surface area (Å²) >= 11 is 0. The zero-order chi connectivity index (χ0) is 7.40. The lowest BCUT2D eigenvalue weighted by Crippen LogP contribution is -1.69. The molecule has 0 unspecified atom stereocenters. The van der Waals surface area contributed by atoms with E-state index in [0.717, 1.165) is 11.3 Å². The predicted octanol–water partition coefficient (Wildman–Crippen LogP) is 2.63. The van der Waals surface area contributed by atoms with Crippen molar-refractivity contribution in [2.75, 3.05) is 0 Å². The molecule has 0 saturated carbocycles. The van der Waals surface area contributed by atoms with Gasteiger partial charge in [0.1, 0.15) is 0 Å². The fourth-order valence-corrected chi connectivity index (χ4v) is 0.804. The zero-order valence-electron chi connectivity index (χ0n) is 5.33. The number of rotatable bonds is 1. The molecule has 10 heavy (non-hydrogen) atoms. The lowest BCUT2D eigenvalue weighted by atomic mass is 10.2. The second kappa shape index (κ2) is 3.15. The van der Waals surface area contributed by atoms with Gasteiger partial charge in [0.15, 0.2) is 0 Å². The van der Waals surface area contributed by atoms with Crippen LogP contribution in [0.3, 0.4) is 0 Å². The summed E-state index contributed by atoms with van der Waals surface area (Å²) in [5, 5.41) is 0. The Labute approximate surface area is 62.4 Å². The summed E-state index contributed by atoms with van der Waals surface area (Å²) in [6, 6.07) is 7.43. The first-order valence-corrected chi connectivity index (χ1v) is 3.25. The highest BCUT2D eigenvalue weighted by Crippen LogP contribution is 2.13. The first-order chi connectivity index (χ1) is 4.86. The molecule has 1 nitrogen and oxygen atoms in total. The molecule has 0 amide bonds. The maximum Gasteiger partial charge on any atom is 0.0684 e. The van der Waals surface area contributed by atoms with E-state index < -0.39 is 0 Å². The third-order valence-electron chi connectivity index (χ3n) is 1.14. The van der Waals surface area contributed by atoms with E-state index in [-0.39, 0.29) is 0 Å². The molecule has 0 aliphatic rings. The van der Waals surface area contributed by atoms with Crippen molar-refractivity contribution in [2.45, 2.75) is 0 Å². The van der Waals surface area contributed by atoms with E-state index in [2.05, 4.69) is 19.7 Å². The lowest BCUT2D eigenvalue weighted by molar-refractivity contribution is 1.55. The maximum absolute atomic E-state index is 5.17. The van der Waals surface area contributed by atoms with Crippen LogP contribution in [0.2, 0.25) is 0 Å². The van der Waals surface area contributed by atoms with Gasteiger partial charge in [-0.2, -0.15) is 0 Å². The Morgan fingerprint density at radius 3 is 2.90 bits per heavy atom. The average Bonchev–Trinajstić information content (AvgIpc) is 2.05. The number of terminal acetylenes is 1. The number of hydrogen-bond acceptors (Lipinski definition) is 1. The standard InChI is InChI=1S/C8H6NP/c1-2-7-4-3-5-8(6-7)9-10/h1,3-6,10H. The minimum absolute atomic E-state index is 0.840. The molecule has 0 aromatic heterocycles. The van der Waals surface area contributed by atoms with E-state index in [1.165, 1.54) is 0 Å². The van der Waals surface area contributed by atoms with Gasteiger partial charge < -0.3 is 0 Å². The van der Waals surface area contributed by atoms with Crippen LogP contribution in [0.15, 0.2) is 29.0 Å². The number of hydrogen-bond donors (Lipinski definition) is 0. The molecule has 1 rings (SSSR count). The second-order valence-electron chi connectivity index (χ2n) is 1.81. The molecular weight excluding hydrogens is 141 g/mol. The number of benzene rings is 1. The molecule has 1 aromatic rings. The molecular formula is C8H6NP. The molecule has 0 bridgehead atoms. The van der Waals surface area contributed by atoms with Gasteiger partial charge >= 0.3 is 0 Å². The van der Waals surface area contributed by atoms with Gasteiger partial charge in [0.2, 0.25) is 0 Å². The van der Waals surface area contributed by atoms with E-state index in [1.54, 1.807) is 0 Å². The Kier molecular flexibility index (Phi) is 2.20. The van der Waals surface area contributed by atoms with Crippen molar-refractivity contribution in [1.29, 1.82) is 0 Å². The minimum atomic E-state index is 0.840. The Morgan fingerprint density at radius 1 is 1.50 bits per heavy atom. The van der Waals surface area contributed by atoms with Crippen molar-refractivity contribution in [3.8, 4) is 12.3 Å². The predicted molar refractivity (Wildman–Crippen MR) is 44.8 cm³/mol. The van der Waals surface area contributed by atoms with Crippen molar-refractivity contribution < 1.29 is 0 Å². The van der Waals surface area contributed by atoms with Gasteiger partial charge in [-0.3, -0.25) is 0 Å². The molecule has 0 atom stereocenters. The highest BCUT2D eigenvalue weighted by molar-refractivity contribution is 7.04. The topological polar surface area (TPSA) is 12.4 Å². The third kappa shape index (κ3) is 1.43. The van der Waals surface area contributed by atoms with Crippen molar-refractivity contribution in [2.24, 2.45) is 4.74 Å². The summed E-state index contributed by atoms with van der Waals surface area (Å²) in [7, 11) is 3.02. The van der Waals surface area contributed by atoms with Crippen LogP contribution >= 0.6 is 9.03 Å². The van der Waals surface area contributed by atoms with Crippen molar-refractivity contribution >= 4 is 14.7 Å². The Bertz CT molecular complexity index is 286. The van der Waals surface area contributed by atoms with Gasteiger partial charge in [-0.1, -0.05) is 12.0 Å². The van der Waals surface area contributed by atoms with Crippen LogP contribution in [-0.4, -0.2) is 0 Å². The monoisotopic (exact) mass is 147 g/mol. The summed E-state index contributed by atoms with van der Waals surface area (Å²) in [5.74, 6) is 2.52. The van der Waals surface area contributed by atoms with E-state index >= 15 is 0 Å². The van der Waals surface area contributed by atoms with Gasteiger partial charge in [-0.15, -0.1) is 6.42 Å². The second-order valence-corrected chi connectivity index (χ2v) is 2.03. The molecule has 1 aromatic carbocycles. The summed E-state index contributed by atoms with van der Waals surface area (Å²) in [6.07, 6.45) is 5.17. The van der Waals surface area contributed by atoms with E-state index in [4.69, 9.17) is 6.42 Å². The summed E-state index contributed by atoms with van der Waals surface area (Å²) in [5.41, 5.74) is 1.69. The fourth-order valence-electron chi connectivity index (χ4n) is 0.665. The third-order valence-corrected chi connectivity index (χ3v) is 1.40. The van der Waals surface area contributed by atoms with Gasteiger partial charge in [0.05, 0.1) is 5.69 Å². The SMILES string of the molecule is C#Cc1cccc(N=P)c1. The summed E-state index contributed by atoms with van der Waals surface area (Å²) < 4.78 is 3.79. The minimum Gasteiger partial charge on any atom is -0.236 e. The molecule has 0 heterocycles. The van der Waals surface area contributed by atoms with E-state index in [0.29, 0.717) is 0 Å². The molecule has 0 aliphatic carbocycles. The van der Waals surface area contributed by atoms with Gasteiger partial charge in [0.25, 0.3) is 0 Å². The Hall–Kier alpha value is -1.12. The molecule has 0 aliphatic heterocycles. The zero-order valence-corrected chi connectivity index (χ0v) is 6.33. The van der Waals surface area contributed by atoms with Crippen molar-refractivity contribution in [1.82, 2.24) is 0 Å².